The Bertz CT molecular complexity index is 1390. The summed E-state index contributed by atoms with van der Waals surface area (Å²) in [5, 5.41) is 61.2. The third-order valence-electron chi connectivity index (χ3n) is 6.54. The first-order chi connectivity index (χ1) is 16.8. The fourth-order valence-corrected chi connectivity index (χ4v) is 5.13. The van der Waals surface area contributed by atoms with Crippen LogP contribution in [0, 0.1) is 0 Å². The van der Waals surface area contributed by atoms with Crippen molar-refractivity contribution in [2.45, 2.75) is 17.8 Å². The second-order valence-corrected chi connectivity index (χ2v) is 8.82. The third-order valence-corrected chi connectivity index (χ3v) is 6.54. The second-order valence-electron chi connectivity index (χ2n) is 8.82. The van der Waals surface area contributed by atoms with E-state index in [9.17, 15) is 30.6 Å². The van der Waals surface area contributed by atoms with Gasteiger partial charge in [-0.3, -0.25) is 0 Å². The molecule has 6 heteroatoms. The first-order valence-electron chi connectivity index (χ1n) is 11.1. The Kier molecular flexibility index (Phi) is 5.49. The number of hydrogen-bond donors (Lipinski definition) is 6. The lowest BCUT2D eigenvalue weighted by atomic mass is 9.77. The number of hydrogen-bond acceptors (Lipinski definition) is 6. The van der Waals surface area contributed by atoms with Crippen molar-refractivity contribution in [1.82, 2.24) is 0 Å². The summed E-state index contributed by atoms with van der Waals surface area (Å²) < 4.78 is 0. The van der Waals surface area contributed by atoms with Crippen molar-refractivity contribution in [1.29, 1.82) is 0 Å². The first kappa shape index (κ1) is 22.2. The molecule has 0 saturated heterocycles. The minimum Gasteiger partial charge on any atom is -0.508 e. The molecule has 176 valence electrons. The number of phenolic OH excluding ortho intramolecular Hbond substituents is 6. The SMILES string of the molecule is Oc1ccc(/C=C/C2c3cc(O)cc(O)c3C(c3cc(O)cc(O)c3)C2c2ccc(O)cc2)cc1. The van der Waals surface area contributed by atoms with Gasteiger partial charge in [0.2, 0.25) is 0 Å². The van der Waals surface area contributed by atoms with E-state index in [1.54, 1.807) is 66.7 Å². The minimum absolute atomic E-state index is 0.0758. The Hall–Kier alpha value is -4.58. The highest BCUT2D eigenvalue weighted by molar-refractivity contribution is 5.63. The molecule has 0 heterocycles. The summed E-state index contributed by atoms with van der Waals surface area (Å²) in [4.78, 5) is 0. The van der Waals surface area contributed by atoms with Gasteiger partial charge in [0.25, 0.3) is 0 Å². The number of aromatic hydroxyl groups is 6. The molecule has 35 heavy (non-hydrogen) atoms. The zero-order valence-corrected chi connectivity index (χ0v) is 18.6. The zero-order valence-electron chi connectivity index (χ0n) is 18.6. The van der Waals surface area contributed by atoms with Crippen molar-refractivity contribution in [3.05, 3.63) is 113 Å². The predicted molar refractivity (Wildman–Crippen MR) is 132 cm³/mol. The van der Waals surface area contributed by atoms with Crippen LogP contribution in [0.1, 0.15) is 45.6 Å². The van der Waals surface area contributed by atoms with Gasteiger partial charge in [-0.25, -0.2) is 0 Å². The Labute approximate surface area is 201 Å². The van der Waals surface area contributed by atoms with Crippen LogP contribution in [-0.2, 0) is 0 Å². The van der Waals surface area contributed by atoms with Crippen LogP contribution in [0.5, 0.6) is 34.5 Å². The highest BCUT2D eigenvalue weighted by Crippen LogP contribution is 2.59. The lowest BCUT2D eigenvalue weighted by Gasteiger charge is -2.26. The second kappa shape index (κ2) is 8.65. The van der Waals surface area contributed by atoms with Gasteiger partial charge >= 0.3 is 0 Å². The average Bonchev–Trinajstić information content (AvgIpc) is 3.13. The third kappa shape index (κ3) is 4.22. The van der Waals surface area contributed by atoms with Gasteiger partial charge in [0.1, 0.15) is 34.5 Å². The molecular weight excluding hydrogens is 444 g/mol. The van der Waals surface area contributed by atoms with Crippen molar-refractivity contribution >= 4 is 6.08 Å². The summed E-state index contributed by atoms with van der Waals surface area (Å²) in [5.41, 5.74) is 3.63. The van der Waals surface area contributed by atoms with E-state index in [1.807, 2.05) is 12.2 Å². The molecule has 3 unspecified atom stereocenters. The maximum absolute atomic E-state index is 10.9. The number of allylic oxidation sites excluding steroid dienone is 1. The van der Waals surface area contributed by atoms with E-state index < -0.39 is 5.92 Å². The smallest absolute Gasteiger partial charge is 0.123 e. The molecule has 0 aliphatic heterocycles. The summed E-state index contributed by atoms with van der Waals surface area (Å²) in [6, 6.07) is 20.8. The standard InChI is InChI=1S/C29H24O6/c30-19-6-1-16(2-7-19)3-10-24-25-14-23(34)15-26(35)29(25)28(18-11-21(32)13-22(33)12-18)27(24)17-4-8-20(31)9-5-17/h1-15,24,27-28,30-35H/b10-3+. The van der Waals surface area contributed by atoms with E-state index in [1.165, 1.54) is 12.1 Å². The number of phenols is 6. The van der Waals surface area contributed by atoms with Crippen LogP contribution in [-0.4, -0.2) is 30.6 Å². The largest absolute Gasteiger partial charge is 0.508 e. The van der Waals surface area contributed by atoms with Gasteiger partial charge in [-0.05, 0) is 64.7 Å². The van der Waals surface area contributed by atoms with Crippen molar-refractivity contribution < 1.29 is 30.6 Å². The highest BCUT2D eigenvalue weighted by Gasteiger charge is 2.43. The van der Waals surface area contributed by atoms with E-state index in [0.29, 0.717) is 16.7 Å². The minimum atomic E-state index is -0.470. The Morgan fingerprint density at radius 1 is 0.543 bits per heavy atom. The fraction of sp³-hybridized carbons (Fsp3) is 0.103. The van der Waals surface area contributed by atoms with E-state index in [4.69, 9.17) is 0 Å². The van der Waals surface area contributed by atoms with Crippen molar-refractivity contribution in [3.8, 4) is 34.5 Å². The van der Waals surface area contributed by atoms with Crippen LogP contribution < -0.4 is 0 Å². The molecule has 0 amide bonds. The average molecular weight is 469 g/mol. The maximum Gasteiger partial charge on any atom is 0.123 e. The van der Waals surface area contributed by atoms with E-state index in [2.05, 4.69) is 0 Å². The Morgan fingerprint density at radius 3 is 1.74 bits per heavy atom. The van der Waals surface area contributed by atoms with Gasteiger partial charge in [-0.15, -0.1) is 0 Å². The van der Waals surface area contributed by atoms with Gasteiger partial charge in [-0.2, -0.15) is 0 Å². The van der Waals surface area contributed by atoms with Crippen LogP contribution in [0.2, 0.25) is 0 Å². The quantitative estimate of drug-likeness (QED) is 0.230. The predicted octanol–water partition coefficient (Wildman–Crippen LogP) is 5.65. The molecule has 0 bridgehead atoms. The van der Waals surface area contributed by atoms with Crippen LogP contribution in [0.3, 0.4) is 0 Å². The monoisotopic (exact) mass is 468 g/mol. The van der Waals surface area contributed by atoms with E-state index in [0.717, 1.165) is 11.1 Å². The molecule has 0 fully saturated rings. The zero-order chi connectivity index (χ0) is 24.7. The molecule has 1 aliphatic carbocycles. The molecule has 6 nitrogen and oxygen atoms in total. The molecule has 6 N–H and O–H groups in total. The van der Waals surface area contributed by atoms with Gasteiger partial charge in [0.05, 0.1) is 0 Å². The Morgan fingerprint density at radius 2 is 1.11 bits per heavy atom. The summed E-state index contributed by atoms with van der Waals surface area (Å²) in [5.74, 6) is -1.17. The molecule has 0 spiro atoms. The molecule has 5 rings (SSSR count). The van der Waals surface area contributed by atoms with Gasteiger partial charge in [0, 0.05) is 35.4 Å². The summed E-state index contributed by atoms with van der Waals surface area (Å²) in [6.45, 7) is 0. The van der Waals surface area contributed by atoms with Crippen molar-refractivity contribution in [2.24, 2.45) is 0 Å². The molecule has 0 radical (unpaired) electrons. The van der Waals surface area contributed by atoms with Gasteiger partial charge < -0.3 is 30.6 Å². The number of fused-ring (bicyclic) bond motifs is 1. The molecule has 1 aliphatic rings. The molecule has 0 saturated carbocycles. The van der Waals surface area contributed by atoms with E-state index >= 15 is 0 Å². The van der Waals surface area contributed by atoms with Gasteiger partial charge in [0.15, 0.2) is 0 Å². The first-order valence-corrected chi connectivity index (χ1v) is 11.1. The lowest BCUT2D eigenvalue weighted by molar-refractivity contribution is 0.440. The fourth-order valence-electron chi connectivity index (χ4n) is 5.13. The molecule has 0 aromatic heterocycles. The summed E-state index contributed by atoms with van der Waals surface area (Å²) >= 11 is 0. The highest BCUT2D eigenvalue weighted by atomic mass is 16.3. The topological polar surface area (TPSA) is 121 Å². The van der Waals surface area contributed by atoms with Crippen molar-refractivity contribution in [3.63, 3.8) is 0 Å². The molecule has 3 atom stereocenters. The van der Waals surface area contributed by atoms with Crippen LogP contribution in [0.15, 0.2) is 84.9 Å². The van der Waals surface area contributed by atoms with Crippen molar-refractivity contribution in [2.75, 3.05) is 0 Å². The molecule has 4 aromatic rings. The summed E-state index contributed by atoms with van der Waals surface area (Å²) in [6.07, 6.45) is 3.88. The van der Waals surface area contributed by atoms with Crippen LogP contribution in [0.4, 0.5) is 0 Å². The number of rotatable bonds is 4. The molecular formula is C29H24O6. The van der Waals surface area contributed by atoms with Crippen LogP contribution >= 0.6 is 0 Å². The maximum atomic E-state index is 10.9. The normalized spacial score (nSPS) is 19.1. The van der Waals surface area contributed by atoms with E-state index in [-0.39, 0.29) is 46.3 Å². The number of benzene rings is 4. The Balaban J connectivity index is 1.73. The summed E-state index contributed by atoms with van der Waals surface area (Å²) in [7, 11) is 0. The van der Waals surface area contributed by atoms with Gasteiger partial charge in [-0.1, -0.05) is 36.4 Å². The lowest BCUT2D eigenvalue weighted by Crippen LogP contribution is -2.11. The molecule has 4 aromatic carbocycles. The van der Waals surface area contributed by atoms with Crippen LogP contribution in [0.25, 0.3) is 6.08 Å².